The number of carbonyl (C=O) groups excluding carboxylic acids is 3. The molecule has 3 rings (SSSR count). The van der Waals surface area contributed by atoms with E-state index in [0.717, 1.165) is 30.6 Å². The van der Waals surface area contributed by atoms with E-state index in [9.17, 15) is 14.4 Å². The number of nitrogens with two attached hydrogens (primary N) is 1. The fourth-order valence-corrected chi connectivity index (χ4v) is 3.74. The van der Waals surface area contributed by atoms with Crippen molar-refractivity contribution in [1.82, 2.24) is 4.90 Å². The first kappa shape index (κ1) is 24.9. The molecule has 2 aromatic carbocycles. The van der Waals surface area contributed by atoms with Gasteiger partial charge in [0, 0.05) is 5.56 Å². The minimum absolute atomic E-state index is 0.0943. The molecule has 2 N–H and O–H groups in total. The third-order valence-corrected chi connectivity index (χ3v) is 5.27. The fraction of sp³-hybridized carbons (Fsp3) is 0.400. The maximum Gasteiger partial charge on any atom is 0.260 e. The normalized spacial score (nSPS) is 14.0. The Hall–Kier alpha value is -3.35. The predicted octanol–water partition coefficient (Wildman–Crippen LogP) is 4.26. The van der Waals surface area contributed by atoms with Crippen LogP contribution in [-0.2, 0) is 9.59 Å². The number of methoxy groups -OCH3 is 1. The Balaban J connectivity index is 0.00000176. The van der Waals surface area contributed by atoms with Crippen molar-refractivity contribution in [2.75, 3.05) is 7.11 Å². The van der Waals surface area contributed by atoms with Crippen molar-refractivity contribution in [2.45, 2.75) is 58.1 Å². The number of nitrogens with zero attached hydrogens (tertiary/aromatic N) is 1. The van der Waals surface area contributed by atoms with Gasteiger partial charge < -0.3 is 15.2 Å². The van der Waals surface area contributed by atoms with Gasteiger partial charge in [-0.2, -0.15) is 0 Å². The molecule has 0 saturated heterocycles. The van der Waals surface area contributed by atoms with Gasteiger partial charge in [0.05, 0.1) is 25.7 Å². The third kappa shape index (κ3) is 6.33. The largest absolute Gasteiger partial charge is 0.493 e. The first-order valence-electron chi connectivity index (χ1n) is 11.0. The van der Waals surface area contributed by atoms with Gasteiger partial charge in [0.25, 0.3) is 5.91 Å². The minimum Gasteiger partial charge on any atom is -0.493 e. The highest BCUT2D eigenvalue weighted by Gasteiger charge is 2.29. The Kier molecular flexibility index (Phi) is 9.73. The zero-order valence-corrected chi connectivity index (χ0v) is 19.0. The molecule has 1 fully saturated rings. The lowest BCUT2D eigenvalue weighted by molar-refractivity contribution is -0.121. The van der Waals surface area contributed by atoms with Crippen molar-refractivity contribution in [3.63, 3.8) is 0 Å². The molecule has 1 saturated carbocycles. The van der Waals surface area contributed by atoms with Gasteiger partial charge in [0.2, 0.25) is 12.3 Å². The predicted molar refractivity (Wildman–Crippen MR) is 122 cm³/mol. The summed E-state index contributed by atoms with van der Waals surface area (Å²) >= 11 is 0. The molecule has 0 aliphatic heterocycles. The molecule has 0 heterocycles. The Morgan fingerprint density at radius 3 is 2.31 bits per heavy atom. The standard InChI is InChI=1S/C23H26N2O5.C2H6/c1-29-20-12-11-17(13-21(20)30-18-9-5-6-10-18)19(14-22(24)27)25(15-26)23(28)16-7-3-2-4-8-16;1-2/h2-4,7-8,11-13,15,18-19H,5-6,9-10,14H2,1H3,(H2,24,27);1-2H3. The smallest absolute Gasteiger partial charge is 0.260 e. The zero-order valence-electron chi connectivity index (χ0n) is 19.0. The summed E-state index contributed by atoms with van der Waals surface area (Å²) in [5.74, 6) is -0.0578. The van der Waals surface area contributed by atoms with Crippen LogP contribution in [0.4, 0.5) is 0 Å². The summed E-state index contributed by atoms with van der Waals surface area (Å²) in [5, 5.41) is 0. The van der Waals surface area contributed by atoms with Crippen molar-refractivity contribution < 1.29 is 23.9 Å². The Morgan fingerprint density at radius 1 is 1.09 bits per heavy atom. The van der Waals surface area contributed by atoms with Crippen LogP contribution in [0.25, 0.3) is 0 Å². The van der Waals surface area contributed by atoms with Crippen molar-refractivity contribution in [2.24, 2.45) is 5.73 Å². The van der Waals surface area contributed by atoms with Crippen LogP contribution >= 0.6 is 0 Å². The second kappa shape index (κ2) is 12.5. The van der Waals surface area contributed by atoms with Gasteiger partial charge in [0.1, 0.15) is 0 Å². The highest BCUT2D eigenvalue weighted by atomic mass is 16.5. The molecule has 3 amide bonds. The number of amides is 3. The highest BCUT2D eigenvalue weighted by Crippen LogP contribution is 2.36. The molecular weight excluding hydrogens is 408 g/mol. The number of benzene rings is 2. The maximum atomic E-state index is 12.9. The Bertz CT molecular complexity index is 894. The molecular formula is C25H32N2O5. The second-order valence-corrected chi connectivity index (χ2v) is 7.30. The maximum absolute atomic E-state index is 12.9. The summed E-state index contributed by atoms with van der Waals surface area (Å²) in [6.45, 7) is 4.00. The monoisotopic (exact) mass is 440 g/mol. The van der Waals surface area contributed by atoms with E-state index in [0.29, 0.717) is 29.0 Å². The number of rotatable bonds is 9. The van der Waals surface area contributed by atoms with E-state index in [1.807, 2.05) is 13.8 Å². The molecule has 1 aliphatic carbocycles. The quantitative estimate of drug-likeness (QED) is 0.588. The van der Waals surface area contributed by atoms with Gasteiger partial charge in [-0.1, -0.05) is 38.1 Å². The molecule has 7 nitrogen and oxygen atoms in total. The van der Waals surface area contributed by atoms with Crippen LogP contribution < -0.4 is 15.2 Å². The summed E-state index contributed by atoms with van der Waals surface area (Å²) in [7, 11) is 1.55. The van der Waals surface area contributed by atoms with E-state index >= 15 is 0 Å². The molecule has 0 bridgehead atoms. The van der Waals surface area contributed by atoms with E-state index in [-0.39, 0.29) is 12.5 Å². The zero-order chi connectivity index (χ0) is 23.5. The summed E-state index contributed by atoms with van der Waals surface area (Å²) < 4.78 is 11.5. The lowest BCUT2D eigenvalue weighted by Gasteiger charge is -2.27. The second-order valence-electron chi connectivity index (χ2n) is 7.30. The number of carbonyl (C=O) groups is 3. The summed E-state index contributed by atoms with van der Waals surface area (Å²) in [5.41, 5.74) is 6.35. The van der Waals surface area contributed by atoms with Gasteiger partial charge >= 0.3 is 0 Å². The number of primary amides is 1. The van der Waals surface area contributed by atoms with Crippen LogP contribution in [-0.4, -0.2) is 36.3 Å². The lowest BCUT2D eigenvalue weighted by atomic mass is 10.00. The van der Waals surface area contributed by atoms with E-state index in [2.05, 4.69) is 0 Å². The van der Waals surface area contributed by atoms with Crippen molar-refractivity contribution in [1.29, 1.82) is 0 Å². The van der Waals surface area contributed by atoms with Crippen molar-refractivity contribution in [3.8, 4) is 11.5 Å². The molecule has 32 heavy (non-hydrogen) atoms. The topological polar surface area (TPSA) is 98.9 Å². The van der Waals surface area contributed by atoms with E-state index in [1.165, 1.54) is 0 Å². The van der Waals surface area contributed by atoms with Crippen LogP contribution in [0.5, 0.6) is 11.5 Å². The SMILES string of the molecule is CC.COc1ccc(C(CC(N)=O)N(C=O)C(=O)c2ccccc2)cc1OC1CCCC1. The number of hydrogen-bond acceptors (Lipinski definition) is 5. The lowest BCUT2D eigenvalue weighted by Crippen LogP contribution is -2.36. The van der Waals surface area contributed by atoms with Gasteiger partial charge in [0.15, 0.2) is 11.5 Å². The Morgan fingerprint density at radius 2 is 1.75 bits per heavy atom. The van der Waals surface area contributed by atoms with Crippen LogP contribution in [0.2, 0.25) is 0 Å². The average molecular weight is 441 g/mol. The molecule has 1 aliphatic rings. The Labute approximate surface area is 189 Å². The van der Waals surface area contributed by atoms with Crippen molar-refractivity contribution >= 4 is 18.2 Å². The fourth-order valence-electron chi connectivity index (χ4n) is 3.74. The summed E-state index contributed by atoms with van der Waals surface area (Å²) in [6, 6.07) is 12.7. The number of hydrogen-bond donors (Lipinski definition) is 1. The van der Waals surface area contributed by atoms with Gasteiger partial charge in [-0.25, -0.2) is 0 Å². The first-order valence-corrected chi connectivity index (χ1v) is 11.0. The third-order valence-electron chi connectivity index (χ3n) is 5.27. The van der Waals surface area contributed by atoms with Crippen molar-refractivity contribution in [3.05, 3.63) is 59.7 Å². The number of ether oxygens (including phenoxy) is 2. The van der Waals surface area contributed by atoms with Crippen LogP contribution in [0.1, 0.15) is 67.9 Å². The molecule has 0 radical (unpaired) electrons. The van der Waals surface area contributed by atoms with Crippen LogP contribution in [0, 0.1) is 0 Å². The summed E-state index contributed by atoms with van der Waals surface area (Å²) in [6.07, 6.45) is 4.48. The van der Waals surface area contributed by atoms with Gasteiger partial charge in [-0.3, -0.25) is 19.3 Å². The average Bonchev–Trinajstić information content (AvgIpc) is 3.33. The molecule has 7 heteroatoms. The van der Waals surface area contributed by atoms with E-state index in [1.54, 1.807) is 55.6 Å². The molecule has 1 atom stereocenters. The van der Waals surface area contributed by atoms with Gasteiger partial charge in [-0.05, 0) is 55.5 Å². The van der Waals surface area contributed by atoms with Crippen LogP contribution in [0.15, 0.2) is 48.5 Å². The molecule has 0 spiro atoms. The minimum atomic E-state index is -0.857. The first-order chi connectivity index (χ1) is 15.5. The summed E-state index contributed by atoms with van der Waals surface area (Å²) in [4.78, 5) is 37.6. The van der Waals surface area contributed by atoms with E-state index in [4.69, 9.17) is 15.2 Å². The molecule has 0 aromatic heterocycles. The van der Waals surface area contributed by atoms with Gasteiger partial charge in [-0.15, -0.1) is 0 Å². The van der Waals surface area contributed by atoms with E-state index < -0.39 is 17.9 Å². The molecule has 172 valence electrons. The van der Waals surface area contributed by atoms with Crippen LogP contribution in [0.3, 0.4) is 0 Å². The number of imide groups is 1. The molecule has 1 unspecified atom stereocenters. The molecule has 2 aromatic rings. The highest BCUT2D eigenvalue weighted by molar-refractivity contribution is 6.00.